The molecule has 100 valence electrons. The van der Waals surface area contributed by atoms with Crippen LogP contribution in [0.3, 0.4) is 0 Å². The summed E-state index contributed by atoms with van der Waals surface area (Å²) in [5, 5.41) is 0. The highest BCUT2D eigenvalue weighted by molar-refractivity contribution is 7.47. The Labute approximate surface area is 95.0 Å². The summed E-state index contributed by atoms with van der Waals surface area (Å²) in [5.74, 6) is -4.10. The second kappa shape index (κ2) is 5.72. The minimum Gasteiger partial charge on any atom is -0.371 e. The van der Waals surface area contributed by atoms with E-state index in [-0.39, 0.29) is 0 Å². The van der Waals surface area contributed by atoms with E-state index >= 15 is 0 Å². The number of phosphoric ester groups is 2. The third kappa shape index (κ3) is 8.99. The van der Waals surface area contributed by atoms with E-state index in [1.54, 1.807) is 0 Å². The fraction of sp³-hybridized carbons (Fsp3) is 0.600. The Kier molecular flexibility index (Phi) is 5.47. The lowest BCUT2D eigenvalue weighted by molar-refractivity contribution is -0.146. The lowest BCUT2D eigenvalue weighted by Gasteiger charge is -2.11. The van der Waals surface area contributed by atoms with Gasteiger partial charge in [0.2, 0.25) is 0 Å². The van der Waals surface area contributed by atoms with Crippen molar-refractivity contribution in [2.45, 2.75) is 13.3 Å². The zero-order chi connectivity index (χ0) is 13.9. The van der Waals surface area contributed by atoms with E-state index in [0.29, 0.717) is 0 Å². The van der Waals surface area contributed by atoms with Crippen LogP contribution in [-0.4, -0.2) is 31.5 Å². The average Bonchev–Trinajstić information content (AvgIpc) is 1.95. The van der Waals surface area contributed by atoms with Crippen molar-refractivity contribution in [2.75, 3.05) is 0 Å². The summed E-state index contributed by atoms with van der Waals surface area (Å²) in [6.45, 7) is 1.07. The SMILES string of the molecule is CC(CC(=O)OP(=O)(O)O)C(=O)OP(=O)(O)O. The molecule has 12 heteroatoms. The molecular formula is C5H10O10P2. The van der Waals surface area contributed by atoms with Gasteiger partial charge in [0.25, 0.3) is 0 Å². The second-order valence-electron chi connectivity index (χ2n) is 2.96. The largest absolute Gasteiger partial charge is 0.526 e. The quantitative estimate of drug-likeness (QED) is 0.474. The Bertz CT molecular complexity index is 390. The molecule has 0 amide bonds. The van der Waals surface area contributed by atoms with Crippen molar-refractivity contribution in [3.63, 3.8) is 0 Å². The second-order valence-corrected chi connectivity index (χ2v) is 5.29. The maximum Gasteiger partial charge on any atom is 0.526 e. The minimum atomic E-state index is -5.02. The fourth-order valence-corrected chi connectivity index (χ4v) is 1.46. The van der Waals surface area contributed by atoms with Crippen LogP contribution in [0.2, 0.25) is 0 Å². The van der Waals surface area contributed by atoms with Crippen LogP contribution in [0.25, 0.3) is 0 Å². The molecule has 0 fully saturated rings. The van der Waals surface area contributed by atoms with Crippen LogP contribution in [0.15, 0.2) is 0 Å². The highest BCUT2D eigenvalue weighted by atomic mass is 31.2. The van der Waals surface area contributed by atoms with E-state index in [0.717, 1.165) is 6.92 Å². The third-order valence-corrected chi connectivity index (χ3v) is 2.16. The maximum absolute atomic E-state index is 10.9. The first-order valence-electron chi connectivity index (χ1n) is 3.97. The Morgan fingerprint density at radius 1 is 1.06 bits per heavy atom. The number of hydrogen-bond acceptors (Lipinski definition) is 6. The van der Waals surface area contributed by atoms with Crippen molar-refractivity contribution in [1.82, 2.24) is 0 Å². The molecule has 0 aromatic heterocycles. The molecule has 0 heterocycles. The first-order chi connectivity index (χ1) is 7.41. The number of carbonyl (C=O) groups excluding carboxylic acids is 2. The summed E-state index contributed by atoms with van der Waals surface area (Å²) in [6, 6.07) is 0. The highest BCUT2D eigenvalue weighted by Gasteiger charge is 2.29. The van der Waals surface area contributed by atoms with Crippen molar-refractivity contribution in [1.29, 1.82) is 0 Å². The molecule has 4 N–H and O–H groups in total. The van der Waals surface area contributed by atoms with Gasteiger partial charge in [-0.1, -0.05) is 6.92 Å². The van der Waals surface area contributed by atoms with Crippen molar-refractivity contribution >= 4 is 27.6 Å². The molecule has 1 atom stereocenters. The zero-order valence-corrected chi connectivity index (χ0v) is 10.2. The normalized spacial score (nSPS) is 13.9. The van der Waals surface area contributed by atoms with E-state index in [9.17, 15) is 18.7 Å². The molecule has 0 aromatic carbocycles. The monoisotopic (exact) mass is 292 g/mol. The van der Waals surface area contributed by atoms with Crippen LogP contribution in [0.5, 0.6) is 0 Å². The Hall–Kier alpha value is -0.760. The van der Waals surface area contributed by atoms with Crippen LogP contribution in [0, 0.1) is 5.92 Å². The van der Waals surface area contributed by atoms with Gasteiger partial charge in [-0.15, -0.1) is 0 Å². The molecule has 1 unspecified atom stereocenters. The van der Waals surface area contributed by atoms with E-state index in [1.165, 1.54) is 0 Å². The Morgan fingerprint density at radius 3 is 1.82 bits per heavy atom. The van der Waals surface area contributed by atoms with E-state index < -0.39 is 39.9 Å². The molecular weight excluding hydrogens is 282 g/mol. The van der Waals surface area contributed by atoms with Gasteiger partial charge < -0.3 is 9.05 Å². The van der Waals surface area contributed by atoms with Gasteiger partial charge in [-0.25, -0.2) is 9.13 Å². The average molecular weight is 292 g/mol. The summed E-state index contributed by atoms with van der Waals surface area (Å²) >= 11 is 0. The predicted molar refractivity (Wildman–Crippen MR) is 50.1 cm³/mol. The summed E-state index contributed by atoms with van der Waals surface area (Å²) in [5.41, 5.74) is 0. The molecule has 0 aliphatic carbocycles. The lowest BCUT2D eigenvalue weighted by Crippen LogP contribution is -2.18. The summed E-state index contributed by atoms with van der Waals surface area (Å²) in [4.78, 5) is 54.8. The Morgan fingerprint density at radius 2 is 1.47 bits per heavy atom. The summed E-state index contributed by atoms with van der Waals surface area (Å²) in [6.07, 6.45) is -0.788. The molecule has 0 bridgehead atoms. The van der Waals surface area contributed by atoms with E-state index in [4.69, 9.17) is 19.6 Å². The first-order valence-corrected chi connectivity index (χ1v) is 7.04. The van der Waals surface area contributed by atoms with Crippen molar-refractivity contribution in [3.8, 4) is 0 Å². The number of phosphoric acid groups is 2. The molecule has 17 heavy (non-hydrogen) atoms. The van der Waals surface area contributed by atoms with Gasteiger partial charge in [-0.2, -0.15) is 0 Å². The molecule has 0 aromatic rings. The molecule has 10 nitrogen and oxygen atoms in total. The molecule has 0 aliphatic heterocycles. The third-order valence-electron chi connectivity index (χ3n) is 1.30. The maximum atomic E-state index is 10.9. The predicted octanol–water partition coefficient (Wildman–Crippen LogP) is -0.716. The minimum absolute atomic E-state index is 0.788. The van der Waals surface area contributed by atoms with Crippen molar-refractivity contribution in [2.24, 2.45) is 5.92 Å². The smallest absolute Gasteiger partial charge is 0.371 e. The van der Waals surface area contributed by atoms with Gasteiger partial charge in [-0.05, 0) is 0 Å². The van der Waals surface area contributed by atoms with Crippen LogP contribution in [0.4, 0.5) is 0 Å². The van der Waals surface area contributed by atoms with Gasteiger partial charge >= 0.3 is 27.6 Å². The molecule has 0 spiro atoms. The zero-order valence-electron chi connectivity index (χ0n) is 8.42. The van der Waals surface area contributed by atoms with E-state index in [1.807, 2.05) is 0 Å². The number of carbonyl (C=O) groups is 2. The molecule has 0 radical (unpaired) electrons. The standard InChI is InChI=1S/C5H10O10P2/c1-3(5(7)15-17(11,12)13)2-4(6)14-16(8,9)10/h3H,2H2,1H3,(H2,8,9,10)(H2,11,12,13). The summed E-state index contributed by atoms with van der Waals surface area (Å²) < 4.78 is 27.8. The lowest BCUT2D eigenvalue weighted by atomic mass is 10.1. The van der Waals surface area contributed by atoms with Crippen LogP contribution in [-0.2, 0) is 27.8 Å². The molecule has 0 rings (SSSR count). The van der Waals surface area contributed by atoms with Crippen molar-refractivity contribution in [3.05, 3.63) is 0 Å². The molecule has 0 saturated heterocycles. The Balaban J connectivity index is 4.32. The topological polar surface area (TPSA) is 168 Å². The molecule has 0 aliphatic rings. The van der Waals surface area contributed by atoms with E-state index in [2.05, 4.69) is 9.05 Å². The van der Waals surface area contributed by atoms with Crippen LogP contribution < -0.4 is 0 Å². The van der Waals surface area contributed by atoms with Crippen molar-refractivity contribution < 1.29 is 47.3 Å². The van der Waals surface area contributed by atoms with Gasteiger partial charge in [-0.3, -0.25) is 29.2 Å². The highest BCUT2D eigenvalue weighted by Crippen LogP contribution is 2.38. The fourth-order valence-electron chi connectivity index (χ4n) is 0.710. The van der Waals surface area contributed by atoms with Crippen LogP contribution in [0.1, 0.15) is 13.3 Å². The van der Waals surface area contributed by atoms with Gasteiger partial charge in [0.15, 0.2) is 0 Å². The van der Waals surface area contributed by atoms with Gasteiger partial charge in [0.05, 0.1) is 12.3 Å². The molecule has 0 saturated carbocycles. The van der Waals surface area contributed by atoms with Gasteiger partial charge in [0, 0.05) is 0 Å². The number of hydrogen-bond donors (Lipinski definition) is 4. The van der Waals surface area contributed by atoms with Gasteiger partial charge in [0.1, 0.15) is 0 Å². The van der Waals surface area contributed by atoms with Crippen LogP contribution >= 0.6 is 15.6 Å². The number of rotatable bonds is 5. The summed E-state index contributed by atoms with van der Waals surface area (Å²) in [7, 11) is -10.0. The first kappa shape index (κ1) is 16.2.